The van der Waals surface area contributed by atoms with E-state index in [1.54, 1.807) is 11.8 Å². The van der Waals surface area contributed by atoms with Crippen LogP contribution in [-0.4, -0.2) is 6.26 Å². The molecule has 0 spiro atoms. The lowest BCUT2D eigenvalue weighted by molar-refractivity contribution is 0.625. The highest BCUT2D eigenvalue weighted by Gasteiger charge is 2.15. The molecular weight excluding hydrogens is 299 g/mol. The van der Waals surface area contributed by atoms with Crippen LogP contribution in [-0.2, 0) is 0 Å². The number of rotatable bonds is 2. The smallest absolute Gasteiger partial charge is 0.148 e. The molecule has 0 aliphatic rings. The van der Waals surface area contributed by atoms with Gasteiger partial charge in [-0.3, -0.25) is 0 Å². The quantitative estimate of drug-likeness (QED) is 0.528. The number of fused-ring (bicyclic) bond motifs is 1. The summed E-state index contributed by atoms with van der Waals surface area (Å²) in [5, 5.41) is 2.48. The van der Waals surface area contributed by atoms with Gasteiger partial charge >= 0.3 is 0 Å². The Morgan fingerprint density at radius 1 is 0.947 bits per heavy atom. The van der Waals surface area contributed by atoms with Crippen LogP contribution in [0.3, 0.4) is 0 Å². The number of hydrogen-bond donors (Lipinski definition) is 0. The number of thioether (sulfide) groups is 1. The van der Waals surface area contributed by atoms with Gasteiger partial charge in [-0.2, -0.15) is 0 Å². The van der Waals surface area contributed by atoms with Crippen molar-refractivity contribution in [2.75, 3.05) is 6.26 Å². The molecule has 1 heterocycles. The summed E-state index contributed by atoms with van der Waals surface area (Å²) < 4.78 is 5.95. The second kappa shape index (κ2) is 5.12. The molecule has 4 heteroatoms. The van der Waals surface area contributed by atoms with Crippen molar-refractivity contribution in [3.8, 4) is 11.3 Å². The molecular formula is C15H10Cl2OS. The van der Waals surface area contributed by atoms with Gasteiger partial charge in [0.05, 0.1) is 4.90 Å². The van der Waals surface area contributed by atoms with E-state index in [1.807, 2.05) is 48.7 Å². The van der Waals surface area contributed by atoms with Crippen LogP contribution in [0.1, 0.15) is 0 Å². The molecule has 0 aliphatic heterocycles. The van der Waals surface area contributed by atoms with Crippen molar-refractivity contribution >= 4 is 45.9 Å². The first-order valence-electron chi connectivity index (χ1n) is 5.71. The third-order valence-electron chi connectivity index (χ3n) is 2.92. The Balaban J connectivity index is 2.25. The summed E-state index contributed by atoms with van der Waals surface area (Å²) in [6.07, 6.45) is 2.03. The van der Waals surface area contributed by atoms with Crippen molar-refractivity contribution in [3.63, 3.8) is 0 Å². The van der Waals surface area contributed by atoms with E-state index < -0.39 is 0 Å². The summed E-state index contributed by atoms with van der Waals surface area (Å²) in [5.41, 5.74) is 1.86. The Hall–Kier alpha value is -1.09. The van der Waals surface area contributed by atoms with Crippen LogP contribution in [0, 0.1) is 0 Å². The van der Waals surface area contributed by atoms with E-state index in [0.717, 1.165) is 27.2 Å². The predicted molar refractivity (Wildman–Crippen MR) is 83.5 cm³/mol. The topological polar surface area (TPSA) is 13.1 Å². The summed E-state index contributed by atoms with van der Waals surface area (Å²) in [5.74, 6) is 0.862. The first-order valence-corrected chi connectivity index (χ1v) is 7.69. The minimum absolute atomic E-state index is 0.714. The van der Waals surface area contributed by atoms with Gasteiger partial charge in [-0.25, -0.2) is 0 Å². The van der Waals surface area contributed by atoms with Crippen molar-refractivity contribution < 1.29 is 4.42 Å². The summed E-state index contributed by atoms with van der Waals surface area (Å²) in [6, 6.07) is 13.3. The zero-order valence-corrected chi connectivity index (χ0v) is 12.4. The molecule has 2 aromatic carbocycles. The summed E-state index contributed by atoms with van der Waals surface area (Å²) in [4.78, 5) is 1.10. The average molecular weight is 309 g/mol. The van der Waals surface area contributed by atoms with E-state index in [2.05, 4.69) is 0 Å². The molecule has 1 nitrogen and oxygen atoms in total. The number of furan rings is 1. The Morgan fingerprint density at radius 3 is 2.32 bits per heavy atom. The first kappa shape index (κ1) is 12.9. The van der Waals surface area contributed by atoms with Gasteiger partial charge in [-0.1, -0.05) is 23.2 Å². The second-order valence-corrected chi connectivity index (χ2v) is 5.80. The van der Waals surface area contributed by atoms with Crippen molar-refractivity contribution in [2.24, 2.45) is 0 Å². The molecule has 0 fully saturated rings. The molecule has 19 heavy (non-hydrogen) atoms. The third-order valence-corrected chi connectivity index (χ3v) is 4.22. The first-order chi connectivity index (χ1) is 9.19. The summed E-state index contributed by atoms with van der Waals surface area (Å²) in [6.45, 7) is 0. The second-order valence-electron chi connectivity index (χ2n) is 4.11. The lowest BCUT2D eigenvalue weighted by atomic mass is 10.1. The van der Waals surface area contributed by atoms with E-state index in [0.29, 0.717) is 10.0 Å². The lowest BCUT2D eigenvalue weighted by Crippen LogP contribution is -1.76. The molecule has 0 unspecified atom stereocenters. The Bertz CT molecular complexity index is 732. The molecule has 0 saturated heterocycles. The fourth-order valence-corrected chi connectivity index (χ4v) is 3.06. The molecule has 0 N–H and O–H groups in total. The molecule has 0 radical (unpaired) electrons. The van der Waals surface area contributed by atoms with Gasteiger partial charge < -0.3 is 4.42 Å². The number of hydrogen-bond acceptors (Lipinski definition) is 2. The van der Waals surface area contributed by atoms with E-state index in [1.165, 1.54) is 0 Å². The minimum Gasteiger partial charge on any atom is -0.455 e. The summed E-state index contributed by atoms with van der Waals surface area (Å²) in [7, 11) is 0. The molecule has 0 amide bonds. The van der Waals surface area contributed by atoms with Gasteiger partial charge in [-0.15, -0.1) is 11.8 Å². The molecule has 0 atom stereocenters. The van der Waals surface area contributed by atoms with Crippen molar-refractivity contribution in [1.29, 1.82) is 0 Å². The van der Waals surface area contributed by atoms with E-state index in [4.69, 9.17) is 27.6 Å². The van der Waals surface area contributed by atoms with Gasteiger partial charge in [0.2, 0.25) is 0 Å². The van der Waals surface area contributed by atoms with Crippen LogP contribution in [0.4, 0.5) is 0 Å². The maximum atomic E-state index is 6.06. The molecule has 3 aromatic rings. The van der Waals surface area contributed by atoms with Gasteiger partial charge in [0.25, 0.3) is 0 Å². The van der Waals surface area contributed by atoms with Crippen LogP contribution in [0.2, 0.25) is 10.0 Å². The third kappa shape index (κ3) is 2.36. The van der Waals surface area contributed by atoms with Crippen molar-refractivity contribution in [3.05, 3.63) is 52.5 Å². The van der Waals surface area contributed by atoms with Gasteiger partial charge in [0.1, 0.15) is 11.3 Å². The predicted octanol–water partition coefficient (Wildman–Crippen LogP) is 6.13. The zero-order chi connectivity index (χ0) is 13.4. The Morgan fingerprint density at radius 2 is 1.63 bits per heavy atom. The zero-order valence-electron chi connectivity index (χ0n) is 10.1. The Kier molecular flexibility index (Phi) is 3.48. The molecule has 0 bridgehead atoms. The maximum absolute atomic E-state index is 6.06. The average Bonchev–Trinajstić information content (AvgIpc) is 2.77. The highest BCUT2D eigenvalue weighted by atomic mass is 35.5. The van der Waals surface area contributed by atoms with Crippen LogP contribution >= 0.6 is 35.0 Å². The van der Waals surface area contributed by atoms with Gasteiger partial charge in [-0.05, 0) is 48.7 Å². The van der Waals surface area contributed by atoms with E-state index in [-0.39, 0.29) is 0 Å². The molecule has 3 rings (SSSR count). The standard InChI is InChI=1S/C15H10Cl2OS/c1-19-15-12-8-11(17)6-7-13(12)18-14(15)9-2-4-10(16)5-3-9/h2-8H,1H3. The molecule has 0 saturated carbocycles. The van der Waals surface area contributed by atoms with Gasteiger partial charge in [0, 0.05) is 21.0 Å². The van der Waals surface area contributed by atoms with Crippen LogP contribution in [0.15, 0.2) is 51.8 Å². The SMILES string of the molecule is CSc1c(-c2ccc(Cl)cc2)oc2ccc(Cl)cc12. The normalized spacial score (nSPS) is 11.1. The molecule has 1 aromatic heterocycles. The van der Waals surface area contributed by atoms with Crippen LogP contribution in [0.5, 0.6) is 0 Å². The summed E-state index contributed by atoms with van der Waals surface area (Å²) >= 11 is 13.6. The van der Waals surface area contributed by atoms with E-state index >= 15 is 0 Å². The highest BCUT2D eigenvalue weighted by molar-refractivity contribution is 7.99. The van der Waals surface area contributed by atoms with Crippen LogP contribution in [0.25, 0.3) is 22.3 Å². The fourth-order valence-electron chi connectivity index (χ4n) is 2.04. The van der Waals surface area contributed by atoms with Crippen molar-refractivity contribution in [1.82, 2.24) is 0 Å². The molecule has 96 valence electrons. The minimum atomic E-state index is 0.714. The largest absolute Gasteiger partial charge is 0.455 e. The van der Waals surface area contributed by atoms with Crippen molar-refractivity contribution in [2.45, 2.75) is 4.90 Å². The number of benzene rings is 2. The lowest BCUT2D eigenvalue weighted by Gasteiger charge is -2.00. The highest BCUT2D eigenvalue weighted by Crippen LogP contribution is 2.40. The Labute approximate surface area is 125 Å². The molecule has 0 aliphatic carbocycles. The van der Waals surface area contributed by atoms with Gasteiger partial charge in [0.15, 0.2) is 0 Å². The van der Waals surface area contributed by atoms with Crippen LogP contribution < -0.4 is 0 Å². The fraction of sp³-hybridized carbons (Fsp3) is 0.0667. The number of halogens is 2. The maximum Gasteiger partial charge on any atom is 0.148 e. The van der Waals surface area contributed by atoms with E-state index in [9.17, 15) is 0 Å². The monoisotopic (exact) mass is 308 g/mol.